The lowest BCUT2D eigenvalue weighted by atomic mass is 10.3. The van der Waals surface area contributed by atoms with Gasteiger partial charge in [-0.2, -0.15) is 0 Å². The Hall–Kier alpha value is -0.660. The first-order valence-corrected chi connectivity index (χ1v) is 8.98. The fourth-order valence-electron chi connectivity index (χ4n) is 1.93. The lowest BCUT2D eigenvalue weighted by Gasteiger charge is -2.25. The molecule has 0 saturated carbocycles. The van der Waals surface area contributed by atoms with Crippen molar-refractivity contribution in [2.24, 2.45) is 0 Å². The van der Waals surface area contributed by atoms with E-state index in [1.807, 2.05) is 18.2 Å². The van der Waals surface area contributed by atoms with E-state index < -0.39 is 9.84 Å². The molecule has 0 spiro atoms. The number of thiazole rings is 1. The Kier molecular flexibility index (Phi) is 3.07. The van der Waals surface area contributed by atoms with Crippen LogP contribution in [0.25, 0.3) is 10.2 Å². The molecule has 0 aliphatic carbocycles. The molecule has 0 radical (unpaired) electrons. The summed E-state index contributed by atoms with van der Waals surface area (Å²) < 4.78 is 24.9. The summed E-state index contributed by atoms with van der Waals surface area (Å²) in [4.78, 5) is 6.61. The van der Waals surface area contributed by atoms with Crippen LogP contribution < -0.4 is 4.90 Å². The standard InChI is InChI=1S/C11H11BrN2O2S2/c12-8-1-2-9-10(7-8)17-11(13-9)14-3-5-18(15,16)6-4-14/h1-2,7H,3-6H2. The Balaban J connectivity index is 1.91. The SMILES string of the molecule is O=S1(=O)CCN(c2nc3ccc(Br)cc3s2)CC1. The predicted octanol–water partition coefficient (Wildman–Crippen LogP) is 2.29. The zero-order chi connectivity index (χ0) is 12.8. The number of anilines is 1. The van der Waals surface area contributed by atoms with Gasteiger partial charge in [0.15, 0.2) is 15.0 Å². The number of fused-ring (bicyclic) bond motifs is 1. The summed E-state index contributed by atoms with van der Waals surface area (Å²) in [7, 11) is -2.83. The number of halogens is 1. The van der Waals surface area contributed by atoms with Gasteiger partial charge in [0.05, 0.1) is 21.7 Å². The molecule has 7 heteroatoms. The van der Waals surface area contributed by atoms with E-state index in [0.717, 1.165) is 19.8 Å². The van der Waals surface area contributed by atoms with Crippen LogP contribution in [0, 0.1) is 0 Å². The number of hydrogen-bond donors (Lipinski definition) is 0. The molecular weight excluding hydrogens is 336 g/mol. The van der Waals surface area contributed by atoms with Crippen molar-refractivity contribution < 1.29 is 8.42 Å². The number of aromatic nitrogens is 1. The topological polar surface area (TPSA) is 50.3 Å². The molecule has 1 aromatic heterocycles. The van der Waals surface area contributed by atoms with Crippen LogP contribution in [-0.2, 0) is 9.84 Å². The van der Waals surface area contributed by atoms with E-state index in [9.17, 15) is 8.42 Å². The summed E-state index contributed by atoms with van der Waals surface area (Å²) >= 11 is 5.05. The zero-order valence-electron chi connectivity index (χ0n) is 9.47. The monoisotopic (exact) mass is 346 g/mol. The van der Waals surface area contributed by atoms with E-state index in [1.165, 1.54) is 0 Å². The minimum Gasteiger partial charge on any atom is -0.346 e. The van der Waals surface area contributed by atoms with Crippen LogP contribution in [0.2, 0.25) is 0 Å². The van der Waals surface area contributed by atoms with Gasteiger partial charge >= 0.3 is 0 Å². The molecule has 96 valence electrons. The smallest absolute Gasteiger partial charge is 0.186 e. The van der Waals surface area contributed by atoms with Crippen LogP contribution in [0.1, 0.15) is 0 Å². The fraction of sp³-hybridized carbons (Fsp3) is 0.364. The third-order valence-corrected chi connectivity index (χ3v) is 6.14. The van der Waals surface area contributed by atoms with Gasteiger partial charge in [-0.25, -0.2) is 13.4 Å². The van der Waals surface area contributed by atoms with Crippen LogP contribution in [0.5, 0.6) is 0 Å². The Morgan fingerprint density at radius 2 is 2.00 bits per heavy atom. The number of hydrogen-bond acceptors (Lipinski definition) is 5. The molecule has 1 aromatic carbocycles. The van der Waals surface area contributed by atoms with Crippen LogP contribution in [0.15, 0.2) is 22.7 Å². The van der Waals surface area contributed by atoms with E-state index in [1.54, 1.807) is 11.3 Å². The molecule has 0 unspecified atom stereocenters. The van der Waals surface area contributed by atoms with Crippen molar-refractivity contribution in [2.45, 2.75) is 0 Å². The molecule has 0 N–H and O–H groups in total. The van der Waals surface area contributed by atoms with Crippen LogP contribution in [-0.4, -0.2) is 38.0 Å². The summed E-state index contributed by atoms with van der Waals surface area (Å²) in [6, 6.07) is 5.98. The normalized spacial score (nSPS) is 19.3. The molecule has 4 nitrogen and oxygen atoms in total. The van der Waals surface area contributed by atoms with Gasteiger partial charge in [0.2, 0.25) is 0 Å². The van der Waals surface area contributed by atoms with Crippen LogP contribution in [0.3, 0.4) is 0 Å². The molecule has 0 atom stereocenters. The van der Waals surface area contributed by atoms with Gasteiger partial charge in [-0.1, -0.05) is 27.3 Å². The summed E-state index contributed by atoms with van der Waals surface area (Å²) in [5.74, 6) is 0.458. The van der Waals surface area contributed by atoms with Crippen molar-refractivity contribution in [2.75, 3.05) is 29.5 Å². The maximum absolute atomic E-state index is 11.4. The Bertz CT molecular complexity index is 682. The van der Waals surface area contributed by atoms with E-state index in [4.69, 9.17) is 0 Å². The summed E-state index contributed by atoms with van der Waals surface area (Å²) in [5, 5.41) is 0.915. The second-order valence-electron chi connectivity index (χ2n) is 4.25. The number of benzene rings is 1. The van der Waals surface area contributed by atoms with E-state index in [0.29, 0.717) is 13.1 Å². The largest absolute Gasteiger partial charge is 0.346 e. The van der Waals surface area contributed by atoms with Gasteiger partial charge in [0.25, 0.3) is 0 Å². The van der Waals surface area contributed by atoms with Gasteiger partial charge in [-0.15, -0.1) is 0 Å². The van der Waals surface area contributed by atoms with Crippen molar-refractivity contribution in [3.8, 4) is 0 Å². The first-order chi connectivity index (χ1) is 8.53. The maximum Gasteiger partial charge on any atom is 0.186 e. The third kappa shape index (κ3) is 2.39. The Labute approximate surface area is 118 Å². The van der Waals surface area contributed by atoms with E-state index in [-0.39, 0.29) is 11.5 Å². The van der Waals surface area contributed by atoms with E-state index >= 15 is 0 Å². The molecule has 1 fully saturated rings. The molecule has 1 aliphatic heterocycles. The molecule has 2 aromatic rings. The highest BCUT2D eigenvalue weighted by atomic mass is 79.9. The van der Waals surface area contributed by atoms with Crippen LogP contribution in [0.4, 0.5) is 5.13 Å². The minimum absolute atomic E-state index is 0.229. The molecule has 2 heterocycles. The minimum atomic E-state index is -2.83. The van der Waals surface area contributed by atoms with Crippen molar-refractivity contribution in [1.29, 1.82) is 0 Å². The van der Waals surface area contributed by atoms with Gasteiger partial charge < -0.3 is 4.90 Å². The highest BCUT2D eigenvalue weighted by Gasteiger charge is 2.23. The molecule has 1 saturated heterocycles. The molecule has 0 amide bonds. The summed E-state index contributed by atoms with van der Waals surface area (Å²) in [6.07, 6.45) is 0. The Morgan fingerprint density at radius 3 is 2.72 bits per heavy atom. The van der Waals surface area contributed by atoms with Crippen molar-refractivity contribution >= 4 is 52.5 Å². The molecular formula is C11H11BrN2O2S2. The summed E-state index contributed by atoms with van der Waals surface area (Å²) in [6.45, 7) is 1.09. The van der Waals surface area contributed by atoms with Crippen molar-refractivity contribution in [3.63, 3.8) is 0 Å². The van der Waals surface area contributed by atoms with Crippen molar-refractivity contribution in [3.05, 3.63) is 22.7 Å². The average molecular weight is 347 g/mol. The quantitative estimate of drug-likeness (QED) is 0.794. The van der Waals surface area contributed by atoms with Gasteiger partial charge in [-0.05, 0) is 18.2 Å². The first-order valence-electron chi connectivity index (χ1n) is 5.55. The van der Waals surface area contributed by atoms with Gasteiger partial charge in [0.1, 0.15) is 0 Å². The zero-order valence-corrected chi connectivity index (χ0v) is 12.7. The van der Waals surface area contributed by atoms with Gasteiger partial charge in [-0.3, -0.25) is 0 Å². The fourth-order valence-corrected chi connectivity index (χ4v) is 4.70. The highest BCUT2D eigenvalue weighted by Crippen LogP contribution is 2.31. The number of nitrogens with zero attached hydrogens (tertiary/aromatic N) is 2. The predicted molar refractivity (Wildman–Crippen MR) is 78.2 cm³/mol. The van der Waals surface area contributed by atoms with Gasteiger partial charge in [0, 0.05) is 17.6 Å². The lowest BCUT2D eigenvalue weighted by molar-refractivity contribution is 0.587. The maximum atomic E-state index is 11.4. The lowest BCUT2D eigenvalue weighted by Crippen LogP contribution is -2.40. The molecule has 18 heavy (non-hydrogen) atoms. The third-order valence-electron chi connectivity index (χ3n) is 2.95. The highest BCUT2D eigenvalue weighted by molar-refractivity contribution is 9.10. The Morgan fingerprint density at radius 1 is 1.28 bits per heavy atom. The van der Waals surface area contributed by atoms with Crippen molar-refractivity contribution in [1.82, 2.24) is 4.98 Å². The van der Waals surface area contributed by atoms with Crippen LogP contribution >= 0.6 is 27.3 Å². The first kappa shape index (κ1) is 12.4. The molecule has 1 aliphatic rings. The second kappa shape index (κ2) is 4.47. The molecule has 0 bridgehead atoms. The van der Waals surface area contributed by atoms with E-state index in [2.05, 4.69) is 25.8 Å². The second-order valence-corrected chi connectivity index (χ2v) is 8.48. The summed E-state index contributed by atoms with van der Waals surface area (Å²) in [5.41, 5.74) is 0.964. The number of sulfone groups is 1. The average Bonchev–Trinajstić information content (AvgIpc) is 2.71. The molecule has 3 rings (SSSR count). The number of rotatable bonds is 1.